The Morgan fingerprint density at radius 2 is 2.10 bits per heavy atom. The van der Waals surface area contributed by atoms with Crippen LogP contribution in [-0.4, -0.2) is 36.8 Å². The maximum atomic E-state index is 12.3. The summed E-state index contributed by atoms with van der Waals surface area (Å²) in [6, 6.07) is 5.34. The van der Waals surface area contributed by atoms with Gasteiger partial charge in [-0.15, -0.1) is 21.5 Å². The average molecular weight is 451 g/mol. The second-order valence-corrected chi connectivity index (χ2v) is 8.84. The minimum Gasteiger partial charge on any atom is -0.326 e. The number of rotatable bonds is 7. The van der Waals surface area contributed by atoms with Crippen LogP contribution in [0.4, 0.5) is 10.8 Å². The monoisotopic (exact) mass is 450 g/mol. The van der Waals surface area contributed by atoms with Gasteiger partial charge in [0.05, 0.1) is 11.7 Å². The molecule has 0 saturated heterocycles. The summed E-state index contributed by atoms with van der Waals surface area (Å²) in [5.41, 5.74) is 1.56. The molecule has 1 atom stereocenters. The maximum absolute atomic E-state index is 12.3. The van der Waals surface area contributed by atoms with Crippen LogP contribution in [0.5, 0.6) is 0 Å². The van der Waals surface area contributed by atoms with Crippen molar-refractivity contribution in [2.45, 2.75) is 30.7 Å². The van der Waals surface area contributed by atoms with Crippen LogP contribution in [0.15, 0.2) is 34.9 Å². The molecule has 3 rings (SSSR count). The molecule has 0 aliphatic rings. The van der Waals surface area contributed by atoms with Gasteiger partial charge < -0.3 is 15.2 Å². The molecule has 0 fully saturated rings. The third kappa shape index (κ3) is 5.55. The normalized spacial score (nSPS) is 11.9. The minimum atomic E-state index is -0.404. The Labute approximate surface area is 181 Å². The molecule has 0 radical (unpaired) electrons. The fourth-order valence-electron chi connectivity index (χ4n) is 2.32. The summed E-state index contributed by atoms with van der Waals surface area (Å²) in [4.78, 5) is 28.6. The van der Waals surface area contributed by atoms with Gasteiger partial charge in [0.15, 0.2) is 10.3 Å². The Morgan fingerprint density at radius 1 is 1.31 bits per heavy atom. The van der Waals surface area contributed by atoms with E-state index in [-0.39, 0.29) is 18.2 Å². The zero-order valence-electron chi connectivity index (χ0n) is 16.0. The maximum Gasteiger partial charge on any atom is 0.239 e. The van der Waals surface area contributed by atoms with Crippen LogP contribution in [0.2, 0.25) is 5.02 Å². The van der Waals surface area contributed by atoms with E-state index >= 15 is 0 Å². The van der Waals surface area contributed by atoms with Gasteiger partial charge in [-0.25, -0.2) is 4.98 Å². The molecule has 3 aromatic rings. The van der Waals surface area contributed by atoms with Crippen molar-refractivity contribution in [2.75, 3.05) is 10.6 Å². The highest BCUT2D eigenvalue weighted by atomic mass is 35.5. The van der Waals surface area contributed by atoms with Gasteiger partial charge in [-0.3, -0.25) is 9.59 Å². The molecule has 0 aliphatic carbocycles. The fraction of sp³-hybridized carbons (Fsp3) is 0.278. The van der Waals surface area contributed by atoms with E-state index in [1.165, 1.54) is 23.1 Å². The molecule has 2 aromatic heterocycles. The van der Waals surface area contributed by atoms with Crippen LogP contribution < -0.4 is 10.6 Å². The summed E-state index contributed by atoms with van der Waals surface area (Å²) in [5, 5.41) is 16.8. The van der Waals surface area contributed by atoms with Crippen LogP contribution in [0.3, 0.4) is 0 Å². The number of carbonyl (C=O) groups is 2. The van der Waals surface area contributed by atoms with Crippen molar-refractivity contribution < 1.29 is 9.59 Å². The number of aromatic nitrogens is 4. The van der Waals surface area contributed by atoms with Crippen molar-refractivity contribution in [3.8, 4) is 0 Å². The second kappa shape index (κ2) is 9.38. The highest BCUT2D eigenvalue weighted by molar-refractivity contribution is 8.00. The molecule has 152 valence electrons. The van der Waals surface area contributed by atoms with Crippen molar-refractivity contribution in [3.05, 3.63) is 46.2 Å². The molecule has 0 spiro atoms. The number of amides is 2. The standard InChI is InChI=1S/C18H19ClN6O2S2/c1-10-4-5-12(8-13(10)19)21-15(26)9-14-23-24-18(25(14)3)29-11(2)16(27)22-17-20-6-7-28-17/h4-8,11H,9H2,1-3H3,(H,21,26)(H,20,22,27)/t11-/m0/s1. The van der Waals surface area contributed by atoms with Crippen LogP contribution in [0.1, 0.15) is 18.3 Å². The molecule has 0 aliphatic heterocycles. The summed E-state index contributed by atoms with van der Waals surface area (Å²) in [7, 11) is 1.76. The predicted molar refractivity (Wildman–Crippen MR) is 116 cm³/mol. The number of hydrogen-bond donors (Lipinski definition) is 2. The first-order chi connectivity index (χ1) is 13.8. The number of nitrogens with one attached hydrogen (secondary N) is 2. The molecule has 1 aromatic carbocycles. The van der Waals surface area contributed by atoms with E-state index in [1.807, 2.05) is 13.0 Å². The van der Waals surface area contributed by atoms with Crippen LogP contribution >= 0.6 is 34.7 Å². The van der Waals surface area contributed by atoms with Gasteiger partial charge in [-0.1, -0.05) is 29.4 Å². The van der Waals surface area contributed by atoms with Crippen molar-refractivity contribution in [3.63, 3.8) is 0 Å². The van der Waals surface area contributed by atoms with E-state index in [4.69, 9.17) is 11.6 Å². The Kier molecular flexibility index (Phi) is 6.88. The van der Waals surface area contributed by atoms with Crippen LogP contribution in [0, 0.1) is 6.92 Å². The van der Waals surface area contributed by atoms with Crippen LogP contribution in [0.25, 0.3) is 0 Å². The second-order valence-electron chi connectivity index (χ2n) is 6.23. The predicted octanol–water partition coefficient (Wildman–Crippen LogP) is 3.53. The van der Waals surface area contributed by atoms with E-state index in [9.17, 15) is 9.59 Å². The van der Waals surface area contributed by atoms with E-state index < -0.39 is 5.25 Å². The Hall–Kier alpha value is -2.43. The smallest absolute Gasteiger partial charge is 0.239 e. The molecule has 2 amide bonds. The molecule has 29 heavy (non-hydrogen) atoms. The van der Waals surface area contributed by atoms with Gasteiger partial charge in [0.25, 0.3) is 0 Å². The fourth-order valence-corrected chi connectivity index (χ4v) is 3.87. The Bertz CT molecular complexity index is 1020. The highest BCUT2D eigenvalue weighted by Gasteiger charge is 2.20. The molecule has 8 nitrogen and oxygen atoms in total. The summed E-state index contributed by atoms with van der Waals surface area (Å²) in [6.45, 7) is 3.67. The molecular formula is C18H19ClN6O2S2. The van der Waals surface area contributed by atoms with Gasteiger partial charge in [0.1, 0.15) is 5.82 Å². The number of benzene rings is 1. The lowest BCUT2D eigenvalue weighted by Crippen LogP contribution is -2.22. The van der Waals surface area contributed by atoms with Crippen molar-refractivity contribution >= 4 is 57.3 Å². The Morgan fingerprint density at radius 3 is 2.79 bits per heavy atom. The lowest BCUT2D eigenvalue weighted by Gasteiger charge is -2.10. The van der Waals surface area contributed by atoms with Gasteiger partial charge >= 0.3 is 0 Å². The molecular weight excluding hydrogens is 432 g/mol. The van der Waals surface area contributed by atoms with Crippen molar-refractivity contribution in [2.24, 2.45) is 7.05 Å². The van der Waals surface area contributed by atoms with Crippen molar-refractivity contribution in [1.29, 1.82) is 0 Å². The minimum absolute atomic E-state index is 0.0508. The first-order valence-corrected chi connectivity index (χ1v) is 10.8. The molecule has 0 unspecified atom stereocenters. The number of nitrogens with zero attached hydrogens (tertiary/aromatic N) is 4. The van der Waals surface area contributed by atoms with Crippen molar-refractivity contribution in [1.82, 2.24) is 19.7 Å². The number of thioether (sulfide) groups is 1. The number of anilines is 2. The van der Waals surface area contributed by atoms with Gasteiger partial charge in [0, 0.05) is 29.3 Å². The van der Waals surface area contributed by atoms with E-state index in [2.05, 4.69) is 25.8 Å². The van der Waals surface area contributed by atoms with Crippen LogP contribution in [-0.2, 0) is 23.1 Å². The molecule has 2 heterocycles. The number of thiazole rings is 1. The zero-order chi connectivity index (χ0) is 21.0. The molecule has 2 N–H and O–H groups in total. The van der Waals surface area contributed by atoms with Gasteiger partial charge in [0.2, 0.25) is 11.8 Å². The third-order valence-corrected chi connectivity index (χ3v) is 6.24. The first-order valence-electron chi connectivity index (χ1n) is 8.64. The third-order valence-electron chi connectivity index (χ3n) is 4.01. The Balaban J connectivity index is 1.58. The summed E-state index contributed by atoms with van der Waals surface area (Å²) in [5.74, 6) is 0.0887. The average Bonchev–Trinajstić information content (AvgIpc) is 3.30. The molecule has 11 heteroatoms. The first kappa shape index (κ1) is 21.3. The van der Waals surface area contributed by atoms with E-state index in [1.54, 1.807) is 42.2 Å². The van der Waals surface area contributed by atoms with E-state index in [0.717, 1.165) is 5.56 Å². The summed E-state index contributed by atoms with van der Waals surface area (Å²) >= 11 is 8.70. The summed E-state index contributed by atoms with van der Waals surface area (Å²) in [6.07, 6.45) is 1.68. The lowest BCUT2D eigenvalue weighted by atomic mass is 10.2. The quantitative estimate of drug-likeness (QED) is 0.534. The molecule has 0 bridgehead atoms. The van der Waals surface area contributed by atoms with Gasteiger partial charge in [-0.05, 0) is 31.5 Å². The summed E-state index contributed by atoms with van der Waals surface area (Å²) < 4.78 is 1.71. The lowest BCUT2D eigenvalue weighted by molar-refractivity contribution is -0.116. The van der Waals surface area contributed by atoms with Gasteiger partial charge in [-0.2, -0.15) is 0 Å². The number of carbonyl (C=O) groups excluding carboxylic acids is 2. The largest absolute Gasteiger partial charge is 0.326 e. The SMILES string of the molecule is Cc1ccc(NC(=O)Cc2nnc(S[C@@H](C)C(=O)Nc3nccs3)n2C)cc1Cl. The number of hydrogen-bond acceptors (Lipinski definition) is 7. The highest BCUT2D eigenvalue weighted by Crippen LogP contribution is 2.24. The number of aryl methyl sites for hydroxylation is 1. The topological polar surface area (TPSA) is 102 Å². The van der Waals surface area contributed by atoms with E-state index in [0.29, 0.717) is 26.8 Å². The zero-order valence-corrected chi connectivity index (χ0v) is 18.4. The molecule has 0 saturated carbocycles. The number of halogens is 1.